The fourth-order valence-electron chi connectivity index (χ4n) is 9.52. The lowest BCUT2D eigenvalue weighted by atomic mass is 9.85. The Balaban J connectivity index is 1.36. The average Bonchev–Trinajstić information content (AvgIpc) is 3.80. The number of hydrogen-bond donors (Lipinski definition) is 0. The first-order valence-electron chi connectivity index (χ1n) is 23.5. The van der Waals surface area contributed by atoms with Crippen molar-refractivity contribution < 1.29 is 0 Å². The van der Waals surface area contributed by atoms with Gasteiger partial charge >= 0.3 is 0 Å². The van der Waals surface area contributed by atoms with Gasteiger partial charge in [-0.05, 0) is 98.5 Å². The van der Waals surface area contributed by atoms with E-state index < -0.39 is 0 Å². The van der Waals surface area contributed by atoms with Gasteiger partial charge in [0, 0.05) is 38.4 Å². The molecule has 0 fully saturated rings. The molecule has 0 atom stereocenters. The standard InChI is InChI=1S/C61H61N5/c1-58(2,3)40-26-22-38(23-27-40)55-62-56(39-24-28-41(29-25-39)59(4,5)6)64-57(63-55)54-52(35-34-51-53(54)45-20-16-17-21-48(45)65(51)44-18-14-13-15-19-44)66-49-32-30-42(60(7,8)9)36-46(49)47-37-43(61(10,11)12)31-33-50(47)66/h13-37H,1-12H3. The summed E-state index contributed by atoms with van der Waals surface area (Å²) >= 11 is 0. The zero-order valence-corrected chi connectivity index (χ0v) is 40.7. The molecule has 0 saturated carbocycles. The molecule has 3 heterocycles. The highest BCUT2D eigenvalue weighted by Crippen LogP contribution is 2.45. The lowest BCUT2D eigenvalue weighted by Gasteiger charge is -2.20. The summed E-state index contributed by atoms with van der Waals surface area (Å²) in [5.74, 6) is 1.90. The molecule has 0 radical (unpaired) electrons. The Kier molecular flexibility index (Phi) is 10.0. The van der Waals surface area contributed by atoms with Crippen LogP contribution in [-0.4, -0.2) is 24.1 Å². The van der Waals surface area contributed by atoms with Gasteiger partial charge in [-0.25, -0.2) is 15.0 Å². The highest BCUT2D eigenvalue weighted by atomic mass is 15.1. The SMILES string of the molecule is CC(C)(C)c1ccc(-c2nc(-c3ccc(C(C)(C)C)cc3)nc(-c3c(-n4c5ccc(C(C)(C)C)cc5c5cc(C(C)(C)C)ccc54)ccc4c3c3ccccc3n4-c3ccccc3)n2)cc1. The number of rotatable bonds is 5. The monoisotopic (exact) mass is 863 g/mol. The highest BCUT2D eigenvalue weighted by Gasteiger charge is 2.27. The van der Waals surface area contributed by atoms with Crippen molar-refractivity contribution in [3.8, 4) is 45.5 Å². The van der Waals surface area contributed by atoms with Crippen LogP contribution in [0.4, 0.5) is 0 Å². The minimum Gasteiger partial charge on any atom is -0.309 e. The van der Waals surface area contributed by atoms with Crippen LogP contribution in [0.25, 0.3) is 89.2 Å². The summed E-state index contributed by atoms with van der Waals surface area (Å²) in [7, 11) is 0. The van der Waals surface area contributed by atoms with Crippen LogP contribution in [0.1, 0.15) is 105 Å². The molecular formula is C61H61N5. The second kappa shape index (κ2) is 15.4. The van der Waals surface area contributed by atoms with Gasteiger partial charge in [0.1, 0.15) is 0 Å². The van der Waals surface area contributed by atoms with Crippen molar-refractivity contribution in [1.82, 2.24) is 24.1 Å². The second-order valence-corrected chi connectivity index (χ2v) is 22.3. The Morgan fingerprint density at radius 1 is 0.333 bits per heavy atom. The van der Waals surface area contributed by atoms with E-state index in [1.807, 2.05) is 0 Å². The molecule has 0 unspecified atom stereocenters. The van der Waals surface area contributed by atoms with E-state index in [-0.39, 0.29) is 21.7 Å². The number of fused-ring (bicyclic) bond motifs is 6. The van der Waals surface area contributed by atoms with Crippen molar-refractivity contribution in [2.45, 2.75) is 105 Å². The Morgan fingerprint density at radius 3 is 1.23 bits per heavy atom. The van der Waals surface area contributed by atoms with Gasteiger partial charge in [-0.2, -0.15) is 0 Å². The van der Waals surface area contributed by atoms with E-state index in [4.69, 9.17) is 15.0 Å². The topological polar surface area (TPSA) is 48.5 Å². The van der Waals surface area contributed by atoms with Crippen molar-refractivity contribution >= 4 is 43.6 Å². The molecule has 0 aliphatic rings. The second-order valence-electron chi connectivity index (χ2n) is 22.3. The summed E-state index contributed by atoms with van der Waals surface area (Å²) in [6.45, 7) is 27.3. The van der Waals surface area contributed by atoms with E-state index in [0.717, 1.165) is 60.9 Å². The van der Waals surface area contributed by atoms with Crippen molar-refractivity contribution in [3.05, 3.63) is 174 Å². The van der Waals surface area contributed by atoms with Crippen LogP contribution in [0.5, 0.6) is 0 Å². The number of aromatic nitrogens is 5. The molecule has 0 amide bonds. The van der Waals surface area contributed by atoms with Crippen molar-refractivity contribution in [2.24, 2.45) is 0 Å². The highest BCUT2D eigenvalue weighted by molar-refractivity contribution is 6.18. The molecule has 3 aromatic heterocycles. The molecule has 0 aliphatic heterocycles. The van der Waals surface area contributed by atoms with Crippen molar-refractivity contribution in [1.29, 1.82) is 0 Å². The van der Waals surface area contributed by atoms with Gasteiger partial charge in [-0.3, -0.25) is 0 Å². The molecule has 330 valence electrons. The summed E-state index contributed by atoms with van der Waals surface area (Å²) in [6.07, 6.45) is 0. The van der Waals surface area contributed by atoms with Crippen molar-refractivity contribution in [2.75, 3.05) is 0 Å². The fraction of sp³-hybridized carbons (Fsp3) is 0.262. The van der Waals surface area contributed by atoms with Gasteiger partial charge in [0.2, 0.25) is 0 Å². The molecule has 0 N–H and O–H groups in total. The number of hydrogen-bond acceptors (Lipinski definition) is 3. The van der Waals surface area contributed by atoms with Crippen LogP contribution in [0.2, 0.25) is 0 Å². The summed E-state index contributed by atoms with van der Waals surface area (Å²) < 4.78 is 4.85. The predicted molar refractivity (Wildman–Crippen MR) is 280 cm³/mol. The predicted octanol–water partition coefficient (Wildman–Crippen LogP) is 16.3. The maximum atomic E-state index is 5.57. The summed E-state index contributed by atoms with van der Waals surface area (Å²) in [5.41, 5.74) is 14.5. The molecule has 7 aromatic carbocycles. The maximum absolute atomic E-state index is 5.57. The first kappa shape index (κ1) is 43.1. The molecule has 0 aliphatic carbocycles. The zero-order valence-electron chi connectivity index (χ0n) is 40.7. The quantitative estimate of drug-likeness (QED) is 0.173. The Morgan fingerprint density at radius 2 is 0.742 bits per heavy atom. The first-order chi connectivity index (χ1) is 31.3. The molecule has 5 heteroatoms. The number of benzene rings is 7. The minimum absolute atomic E-state index is 0.00384. The van der Waals surface area contributed by atoms with Gasteiger partial charge in [-0.1, -0.05) is 180 Å². The van der Waals surface area contributed by atoms with Crippen LogP contribution >= 0.6 is 0 Å². The van der Waals surface area contributed by atoms with Crippen LogP contribution in [0.15, 0.2) is 152 Å². The zero-order chi connectivity index (χ0) is 46.5. The Bertz CT molecular complexity index is 3320. The van der Waals surface area contributed by atoms with E-state index in [2.05, 4.69) is 244 Å². The fourth-order valence-corrected chi connectivity index (χ4v) is 9.52. The molecule has 5 nitrogen and oxygen atoms in total. The summed E-state index contributed by atoms with van der Waals surface area (Å²) in [6, 6.07) is 55.7. The summed E-state index contributed by atoms with van der Waals surface area (Å²) in [5, 5.41) is 4.69. The van der Waals surface area contributed by atoms with Gasteiger partial charge in [0.25, 0.3) is 0 Å². The van der Waals surface area contributed by atoms with E-state index in [1.54, 1.807) is 0 Å². The van der Waals surface area contributed by atoms with Gasteiger partial charge in [0.05, 0.1) is 33.3 Å². The Hall–Kier alpha value is -6.85. The molecular weight excluding hydrogens is 803 g/mol. The van der Waals surface area contributed by atoms with Crippen LogP contribution in [0.3, 0.4) is 0 Å². The lowest BCUT2D eigenvalue weighted by molar-refractivity contribution is 0.590. The largest absolute Gasteiger partial charge is 0.309 e. The molecule has 66 heavy (non-hydrogen) atoms. The van der Waals surface area contributed by atoms with Gasteiger partial charge in [0.15, 0.2) is 17.5 Å². The van der Waals surface area contributed by atoms with E-state index in [1.165, 1.54) is 33.0 Å². The molecule has 0 bridgehead atoms. The van der Waals surface area contributed by atoms with E-state index in [9.17, 15) is 0 Å². The normalized spacial score (nSPS) is 12.8. The third-order valence-corrected chi connectivity index (χ3v) is 13.4. The van der Waals surface area contributed by atoms with Crippen LogP contribution < -0.4 is 0 Å². The lowest BCUT2D eigenvalue weighted by Crippen LogP contribution is -2.11. The summed E-state index contributed by atoms with van der Waals surface area (Å²) in [4.78, 5) is 16.4. The van der Waals surface area contributed by atoms with Gasteiger partial charge < -0.3 is 9.13 Å². The average molecular weight is 864 g/mol. The van der Waals surface area contributed by atoms with Crippen LogP contribution in [-0.2, 0) is 21.7 Å². The molecule has 0 spiro atoms. The van der Waals surface area contributed by atoms with E-state index >= 15 is 0 Å². The van der Waals surface area contributed by atoms with Crippen LogP contribution in [0, 0.1) is 0 Å². The third kappa shape index (κ3) is 7.49. The third-order valence-electron chi connectivity index (χ3n) is 13.4. The first-order valence-corrected chi connectivity index (χ1v) is 23.5. The molecule has 10 aromatic rings. The smallest absolute Gasteiger partial charge is 0.166 e. The number of para-hydroxylation sites is 2. The van der Waals surface area contributed by atoms with E-state index in [0.29, 0.717) is 17.5 Å². The maximum Gasteiger partial charge on any atom is 0.166 e. The number of nitrogens with zero attached hydrogens (tertiary/aromatic N) is 5. The molecule has 10 rings (SSSR count). The Labute approximate surface area is 390 Å². The minimum atomic E-state index is -0.0264. The molecule has 0 saturated heterocycles. The van der Waals surface area contributed by atoms with Gasteiger partial charge in [-0.15, -0.1) is 0 Å². The van der Waals surface area contributed by atoms with Crippen molar-refractivity contribution in [3.63, 3.8) is 0 Å².